The summed E-state index contributed by atoms with van der Waals surface area (Å²) in [6.45, 7) is 5.70. The molecule has 1 atom stereocenters. The monoisotopic (exact) mass is 491 g/mol. The molecule has 6 heteroatoms. The number of nitrogens with zero attached hydrogens (tertiary/aromatic N) is 2. The summed E-state index contributed by atoms with van der Waals surface area (Å²) in [5.74, 6) is 2.42. The van der Waals surface area contributed by atoms with E-state index in [4.69, 9.17) is 9.47 Å². The Bertz CT molecular complexity index is 1010. The highest BCUT2D eigenvalue weighted by atomic mass is 16.5. The van der Waals surface area contributed by atoms with E-state index in [1.807, 2.05) is 24.3 Å². The van der Waals surface area contributed by atoms with E-state index in [1.165, 1.54) is 43.4 Å². The van der Waals surface area contributed by atoms with E-state index in [0.717, 1.165) is 63.5 Å². The van der Waals surface area contributed by atoms with E-state index in [1.54, 1.807) is 7.11 Å². The lowest BCUT2D eigenvalue weighted by Crippen LogP contribution is -2.47. The van der Waals surface area contributed by atoms with Gasteiger partial charge in [-0.2, -0.15) is 0 Å². The molecule has 194 valence electrons. The minimum atomic E-state index is -0.00265. The van der Waals surface area contributed by atoms with Gasteiger partial charge in [0.05, 0.1) is 18.4 Å². The van der Waals surface area contributed by atoms with Gasteiger partial charge in [0.2, 0.25) is 0 Å². The van der Waals surface area contributed by atoms with Crippen molar-refractivity contribution >= 4 is 11.6 Å². The number of ether oxygens (including phenoxy) is 2. The van der Waals surface area contributed by atoms with Gasteiger partial charge >= 0.3 is 0 Å². The van der Waals surface area contributed by atoms with Crippen molar-refractivity contribution in [2.45, 2.75) is 57.5 Å². The van der Waals surface area contributed by atoms with E-state index in [2.05, 4.69) is 33.3 Å². The highest BCUT2D eigenvalue weighted by Crippen LogP contribution is 2.37. The van der Waals surface area contributed by atoms with Crippen LogP contribution in [0.25, 0.3) is 0 Å². The maximum atomic E-state index is 13.1. The lowest BCUT2D eigenvalue weighted by molar-refractivity contribution is 0.0824. The van der Waals surface area contributed by atoms with Crippen LogP contribution in [-0.2, 0) is 6.42 Å². The largest absolute Gasteiger partial charge is 0.495 e. The zero-order valence-electron chi connectivity index (χ0n) is 21.7. The van der Waals surface area contributed by atoms with Gasteiger partial charge in [-0.15, -0.1) is 0 Å². The first-order valence-electron chi connectivity index (χ1n) is 13.9. The molecule has 0 radical (unpaired) electrons. The number of benzene rings is 2. The quantitative estimate of drug-likeness (QED) is 0.532. The molecule has 0 spiro atoms. The number of anilines is 1. The maximum Gasteiger partial charge on any atom is 0.255 e. The predicted molar refractivity (Wildman–Crippen MR) is 144 cm³/mol. The zero-order chi connectivity index (χ0) is 24.7. The van der Waals surface area contributed by atoms with Crippen molar-refractivity contribution in [1.29, 1.82) is 0 Å². The van der Waals surface area contributed by atoms with Crippen molar-refractivity contribution in [3.05, 3.63) is 53.6 Å². The summed E-state index contributed by atoms with van der Waals surface area (Å²) >= 11 is 0. The van der Waals surface area contributed by atoms with Gasteiger partial charge in [-0.1, -0.05) is 43.5 Å². The van der Waals surface area contributed by atoms with Gasteiger partial charge < -0.3 is 19.7 Å². The molecule has 1 saturated carbocycles. The average molecular weight is 492 g/mol. The molecule has 6 nitrogen and oxygen atoms in total. The summed E-state index contributed by atoms with van der Waals surface area (Å²) in [7, 11) is 1.73. The van der Waals surface area contributed by atoms with E-state index in [9.17, 15) is 4.79 Å². The van der Waals surface area contributed by atoms with Gasteiger partial charge in [-0.25, -0.2) is 0 Å². The molecule has 1 aliphatic carbocycles. The van der Waals surface area contributed by atoms with Gasteiger partial charge in [0.15, 0.2) is 0 Å². The number of piperazine rings is 1. The first-order chi connectivity index (χ1) is 17.7. The van der Waals surface area contributed by atoms with Crippen LogP contribution in [0.4, 0.5) is 5.69 Å². The minimum absolute atomic E-state index is 0.00265. The van der Waals surface area contributed by atoms with Crippen LogP contribution in [0.3, 0.4) is 0 Å². The van der Waals surface area contributed by atoms with Crippen LogP contribution in [-0.4, -0.2) is 63.3 Å². The van der Waals surface area contributed by atoms with E-state index >= 15 is 0 Å². The van der Waals surface area contributed by atoms with Crippen molar-refractivity contribution in [2.75, 3.05) is 51.3 Å². The fourth-order valence-electron chi connectivity index (χ4n) is 6.15. The van der Waals surface area contributed by atoms with Gasteiger partial charge in [-0.05, 0) is 68.3 Å². The maximum absolute atomic E-state index is 13.1. The highest BCUT2D eigenvalue weighted by molar-refractivity contribution is 5.97. The molecule has 0 bridgehead atoms. The number of para-hydroxylation sites is 3. The second-order valence-corrected chi connectivity index (χ2v) is 10.5. The standard InChI is InChI=1S/C30H41N3O3/c1-35-28-14-6-5-13-26(28)33-21-19-32(20-22-33)18-8-17-31-30(34)25-12-7-11-24-15-16-27(36-29(24)25)23-9-3-2-4-10-23/h5-7,11-14,23,27H,2-4,8-10,15-22H2,1H3,(H,31,34). The number of fused-ring (bicyclic) bond motifs is 1. The summed E-state index contributed by atoms with van der Waals surface area (Å²) in [5.41, 5.74) is 3.06. The first-order valence-corrected chi connectivity index (χ1v) is 13.9. The third-order valence-corrected chi connectivity index (χ3v) is 8.22. The number of carbonyl (C=O) groups is 1. The van der Waals surface area contributed by atoms with E-state index < -0.39 is 0 Å². The molecule has 3 aliphatic rings. The number of carbonyl (C=O) groups excluding carboxylic acids is 1. The van der Waals surface area contributed by atoms with Crippen LogP contribution in [0.1, 0.15) is 60.9 Å². The molecule has 1 amide bonds. The molecule has 0 aromatic heterocycles. The summed E-state index contributed by atoms with van der Waals surface area (Å²) < 4.78 is 12.0. The van der Waals surface area contributed by atoms with Crippen molar-refractivity contribution in [1.82, 2.24) is 10.2 Å². The number of amides is 1. The normalized spacial score (nSPS) is 20.9. The van der Waals surface area contributed by atoms with Crippen LogP contribution in [0.15, 0.2) is 42.5 Å². The lowest BCUT2D eigenvalue weighted by atomic mass is 9.82. The molecule has 5 rings (SSSR count). The molecule has 2 aromatic rings. The van der Waals surface area contributed by atoms with Crippen molar-refractivity contribution in [2.24, 2.45) is 5.92 Å². The molecule has 2 heterocycles. The molecular weight excluding hydrogens is 450 g/mol. The van der Waals surface area contributed by atoms with Crippen LogP contribution in [0.2, 0.25) is 0 Å². The second-order valence-electron chi connectivity index (χ2n) is 10.5. The number of nitrogens with one attached hydrogen (secondary N) is 1. The Hall–Kier alpha value is -2.73. The molecule has 2 aromatic carbocycles. The third kappa shape index (κ3) is 5.80. The minimum Gasteiger partial charge on any atom is -0.495 e. The lowest BCUT2D eigenvalue weighted by Gasteiger charge is -2.36. The second kappa shape index (κ2) is 12.0. The van der Waals surface area contributed by atoms with Crippen molar-refractivity contribution in [3.63, 3.8) is 0 Å². The molecule has 1 N–H and O–H groups in total. The van der Waals surface area contributed by atoms with Crippen LogP contribution < -0.4 is 19.7 Å². The van der Waals surface area contributed by atoms with Crippen LogP contribution >= 0.6 is 0 Å². The summed E-state index contributed by atoms with van der Waals surface area (Å²) in [6, 6.07) is 14.3. The average Bonchev–Trinajstić information content (AvgIpc) is 2.95. The SMILES string of the molecule is COc1ccccc1N1CCN(CCCNC(=O)c2cccc3c2OC(C2CCCCC2)CC3)CC1. The molecule has 1 saturated heterocycles. The number of hydrogen-bond donors (Lipinski definition) is 1. The van der Waals surface area contributed by atoms with Crippen LogP contribution in [0.5, 0.6) is 11.5 Å². The molecule has 1 unspecified atom stereocenters. The Labute approximate surface area is 215 Å². The number of methoxy groups -OCH3 is 1. The number of aryl methyl sites for hydroxylation is 1. The first kappa shape index (κ1) is 24.9. The smallest absolute Gasteiger partial charge is 0.255 e. The molecular formula is C30H41N3O3. The summed E-state index contributed by atoms with van der Waals surface area (Å²) in [5, 5.41) is 3.16. The Kier molecular flexibility index (Phi) is 8.32. The van der Waals surface area contributed by atoms with E-state index in [-0.39, 0.29) is 12.0 Å². The highest BCUT2D eigenvalue weighted by Gasteiger charge is 2.31. The third-order valence-electron chi connectivity index (χ3n) is 8.22. The summed E-state index contributed by atoms with van der Waals surface area (Å²) in [4.78, 5) is 18.0. The Balaban J connectivity index is 1.08. The molecule has 2 aliphatic heterocycles. The number of hydrogen-bond acceptors (Lipinski definition) is 5. The van der Waals surface area contributed by atoms with Crippen molar-refractivity contribution in [3.8, 4) is 11.5 Å². The van der Waals surface area contributed by atoms with Crippen LogP contribution in [0, 0.1) is 5.92 Å². The zero-order valence-corrected chi connectivity index (χ0v) is 21.7. The van der Waals surface area contributed by atoms with Crippen molar-refractivity contribution < 1.29 is 14.3 Å². The fourth-order valence-corrected chi connectivity index (χ4v) is 6.15. The Morgan fingerprint density at radius 2 is 1.81 bits per heavy atom. The van der Waals surface area contributed by atoms with E-state index in [0.29, 0.717) is 18.0 Å². The predicted octanol–water partition coefficient (Wildman–Crippen LogP) is 4.91. The molecule has 2 fully saturated rings. The topological polar surface area (TPSA) is 54.0 Å². The Morgan fingerprint density at radius 1 is 1.00 bits per heavy atom. The molecule has 36 heavy (non-hydrogen) atoms. The van der Waals surface area contributed by atoms with Gasteiger partial charge in [0.1, 0.15) is 17.6 Å². The fraction of sp³-hybridized carbons (Fsp3) is 0.567. The van der Waals surface area contributed by atoms with Gasteiger partial charge in [0, 0.05) is 32.7 Å². The number of rotatable bonds is 8. The van der Waals surface area contributed by atoms with Gasteiger partial charge in [-0.3, -0.25) is 9.69 Å². The van der Waals surface area contributed by atoms with Gasteiger partial charge in [0.25, 0.3) is 5.91 Å². The summed E-state index contributed by atoms with van der Waals surface area (Å²) in [6.07, 6.45) is 9.81. The Morgan fingerprint density at radius 3 is 2.61 bits per heavy atom.